The molecule has 1 aromatic rings. The largest absolute Gasteiger partial charge is 0.504 e. The normalized spacial score (nSPS) is 10.1. The van der Waals surface area contributed by atoms with Gasteiger partial charge in [-0.15, -0.1) is 0 Å². The van der Waals surface area contributed by atoms with Crippen molar-refractivity contribution in [3.05, 3.63) is 23.5 Å². The predicted octanol–water partition coefficient (Wildman–Crippen LogP) is 2.44. The summed E-state index contributed by atoms with van der Waals surface area (Å²) in [5, 5.41) is 17.9. The van der Waals surface area contributed by atoms with Crippen molar-refractivity contribution in [1.82, 2.24) is 0 Å². The van der Waals surface area contributed by atoms with Crippen molar-refractivity contribution in [2.75, 3.05) is 6.61 Å². The molecule has 0 saturated heterocycles. The molecule has 15 heavy (non-hydrogen) atoms. The van der Waals surface area contributed by atoms with Gasteiger partial charge in [0.05, 0.1) is 12.2 Å². The molecule has 0 aliphatic rings. The van der Waals surface area contributed by atoms with Crippen LogP contribution in [0.4, 0.5) is 4.39 Å². The standard InChI is InChI=1S/C11H12FNO2/c1-7(2)6-15-11-3-8(5-13)9(12)4-10(11)14/h3-4,7,14H,6H2,1-2H3. The summed E-state index contributed by atoms with van der Waals surface area (Å²) in [5.41, 5.74) is -0.133. The van der Waals surface area contributed by atoms with Gasteiger partial charge in [-0.1, -0.05) is 13.8 Å². The van der Waals surface area contributed by atoms with E-state index in [0.717, 1.165) is 6.07 Å². The quantitative estimate of drug-likeness (QED) is 0.831. The molecule has 4 heteroatoms. The van der Waals surface area contributed by atoms with Crippen molar-refractivity contribution in [3.63, 3.8) is 0 Å². The number of ether oxygens (including phenoxy) is 1. The highest BCUT2D eigenvalue weighted by Crippen LogP contribution is 2.29. The molecule has 0 amide bonds. The second-order valence-electron chi connectivity index (χ2n) is 3.62. The Kier molecular flexibility index (Phi) is 3.51. The average Bonchev–Trinajstić information content (AvgIpc) is 2.16. The van der Waals surface area contributed by atoms with E-state index in [2.05, 4.69) is 0 Å². The van der Waals surface area contributed by atoms with Gasteiger partial charge < -0.3 is 9.84 Å². The van der Waals surface area contributed by atoms with Crippen LogP contribution in [0.5, 0.6) is 11.5 Å². The monoisotopic (exact) mass is 209 g/mol. The van der Waals surface area contributed by atoms with Gasteiger partial charge in [0.2, 0.25) is 0 Å². The summed E-state index contributed by atoms with van der Waals surface area (Å²) in [6.07, 6.45) is 0. The number of nitriles is 1. The third-order valence-electron chi connectivity index (χ3n) is 1.74. The van der Waals surface area contributed by atoms with Crippen LogP contribution in [0.1, 0.15) is 19.4 Å². The molecule has 0 saturated carbocycles. The van der Waals surface area contributed by atoms with E-state index in [-0.39, 0.29) is 17.1 Å². The molecule has 0 bridgehead atoms. The summed E-state index contributed by atoms with van der Waals surface area (Å²) >= 11 is 0. The first-order valence-electron chi connectivity index (χ1n) is 4.60. The zero-order valence-corrected chi connectivity index (χ0v) is 8.62. The van der Waals surface area contributed by atoms with Crippen molar-refractivity contribution in [3.8, 4) is 17.6 Å². The Morgan fingerprint density at radius 1 is 1.53 bits per heavy atom. The van der Waals surface area contributed by atoms with Crippen molar-refractivity contribution in [1.29, 1.82) is 5.26 Å². The molecule has 0 heterocycles. The summed E-state index contributed by atoms with van der Waals surface area (Å²) in [4.78, 5) is 0. The Balaban J connectivity index is 2.93. The van der Waals surface area contributed by atoms with Crippen molar-refractivity contribution in [2.24, 2.45) is 5.92 Å². The lowest BCUT2D eigenvalue weighted by Gasteiger charge is -2.10. The summed E-state index contributed by atoms with van der Waals surface area (Å²) in [5.74, 6) is -0.597. The molecular weight excluding hydrogens is 197 g/mol. The average molecular weight is 209 g/mol. The number of nitrogens with zero attached hydrogens (tertiary/aromatic N) is 1. The minimum absolute atomic E-state index is 0.133. The molecule has 3 nitrogen and oxygen atoms in total. The lowest BCUT2D eigenvalue weighted by atomic mass is 10.2. The number of phenols is 1. The molecule has 0 aromatic heterocycles. The van der Waals surface area contributed by atoms with Crippen LogP contribution in [0.15, 0.2) is 12.1 Å². The fourth-order valence-electron chi connectivity index (χ4n) is 1.00. The van der Waals surface area contributed by atoms with Gasteiger partial charge in [-0.2, -0.15) is 5.26 Å². The highest BCUT2D eigenvalue weighted by Gasteiger charge is 2.10. The summed E-state index contributed by atoms with van der Waals surface area (Å²) in [6.45, 7) is 4.31. The Morgan fingerprint density at radius 2 is 2.20 bits per heavy atom. The van der Waals surface area contributed by atoms with Crippen LogP contribution < -0.4 is 4.74 Å². The number of benzene rings is 1. The van der Waals surface area contributed by atoms with E-state index in [0.29, 0.717) is 12.5 Å². The Labute approximate surface area is 87.7 Å². The van der Waals surface area contributed by atoms with E-state index >= 15 is 0 Å². The zero-order chi connectivity index (χ0) is 11.4. The van der Waals surface area contributed by atoms with Gasteiger partial charge in [0.25, 0.3) is 0 Å². The number of halogens is 1. The first kappa shape index (κ1) is 11.3. The van der Waals surface area contributed by atoms with Gasteiger partial charge in [0.1, 0.15) is 11.9 Å². The van der Waals surface area contributed by atoms with Crippen molar-refractivity contribution >= 4 is 0 Å². The van der Waals surface area contributed by atoms with Gasteiger partial charge in [-0.3, -0.25) is 0 Å². The highest BCUT2D eigenvalue weighted by atomic mass is 19.1. The van der Waals surface area contributed by atoms with Gasteiger partial charge in [-0.05, 0) is 5.92 Å². The van der Waals surface area contributed by atoms with Crippen LogP contribution in [-0.4, -0.2) is 11.7 Å². The van der Waals surface area contributed by atoms with E-state index in [1.54, 1.807) is 6.07 Å². The number of rotatable bonds is 3. The molecule has 0 fully saturated rings. The van der Waals surface area contributed by atoms with Crippen molar-refractivity contribution < 1.29 is 14.2 Å². The zero-order valence-electron chi connectivity index (χ0n) is 8.62. The second-order valence-corrected chi connectivity index (χ2v) is 3.62. The molecule has 1 aromatic carbocycles. The molecule has 0 radical (unpaired) electrons. The Morgan fingerprint density at radius 3 is 2.73 bits per heavy atom. The van der Waals surface area contributed by atoms with E-state index in [4.69, 9.17) is 10.00 Å². The van der Waals surface area contributed by atoms with Crippen LogP contribution in [-0.2, 0) is 0 Å². The SMILES string of the molecule is CC(C)COc1cc(C#N)c(F)cc1O. The lowest BCUT2D eigenvalue weighted by molar-refractivity contribution is 0.258. The maximum absolute atomic E-state index is 13.0. The highest BCUT2D eigenvalue weighted by molar-refractivity contribution is 5.46. The van der Waals surface area contributed by atoms with Crippen LogP contribution in [0.2, 0.25) is 0 Å². The van der Waals surface area contributed by atoms with E-state index in [9.17, 15) is 9.50 Å². The lowest BCUT2D eigenvalue weighted by Crippen LogP contribution is -2.05. The topological polar surface area (TPSA) is 53.2 Å². The number of hydrogen-bond donors (Lipinski definition) is 1. The summed E-state index contributed by atoms with van der Waals surface area (Å²) < 4.78 is 18.2. The fourth-order valence-corrected chi connectivity index (χ4v) is 1.00. The van der Waals surface area contributed by atoms with Crippen molar-refractivity contribution in [2.45, 2.75) is 13.8 Å². The third kappa shape index (κ3) is 2.84. The number of phenolic OH excluding ortho intramolecular Hbond substituents is 1. The molecule has 0 aliphatic carbocycles. The molecule has 0 aliphatic heterocycles. The maximum Gasteiger partial charge on any atom is 0.162 e. The third-order valence-corrected chi connectivity index (χ3v) is 1.74. The van der Waals surface area contributed by atoms with Gasteiger partial charge >= 0.3 is 0 Å². The van der Waals surface area contributed by atoms with Gasteiger partial charge in [0, 0.05) is 12.1 Å². The second kappa shape index (κ2) is 4.65. The fraction of sp³-hybridized carbons (Fsp3) is 0.364. The summed E-state index contributed by atoms with van der Waals surface area (Å²) in [7, 11) is 0. The minimum atomic E-state index is -0.744. The van der Waals surface area contributed by atoms with Gasteiger partial charge in [0.15, 0.2) is 11.5 Å². The van der Waals surface area contributed by atoms with Crippen LogP contribution in [0, 0.1) is 23.1 Å². The maximum atomic E-state index is 13.0. The molecule has 0 spiro atoms. The molecule has 0 unspecified atom stereocenters. The Bertz CT molecular complexity index is 396. The molecule has 1 N–H and O–H groups in total. The van der Waals surface area contributed by atoms with E-state index in [1.807, 2.05) is 13.8 Å². The van der Waals surface area contributed by atoms with Crippen LogP contribution >= 0.6 is 0 Å². The Hall–Kier alpha value is -1.76. The molecular formula is C11H12FNO2. The first-order valence-corrected chi connectivity index (χ1v) is 4.60. The molecule has 80 valence electrons. The molecule has 1 rings (SSSR count). The number of aromatic hydroxyl groups is 1. The van der Waals surface area contributed by atoms with Gasteiger partial charge in [-0.25, -0.2) is 4.39 Å². The van der Waals surface area contributed by atoms with Crippen LogP contribution in [0.3, 0.4) is 0 Å². The first-order chi connectivity index (χ1) is 7.04. The summed E-state index contributed by atoms with van der Waals surface area (Å²) in [6, 6.07) is 3.77. The van der Waals surface area contributed by atoms with E-state index in [1.165, 1.54) is 6.07 Å². The molecule has 0 atom stereocenters. The minimum Gasteiger partial charge on any atom is -0.504 e. The predicted molar refractivity (Wildman–Crippen MR) is 53.1 cm³/mol. The van der Waals surface area contributed by atoms with Crippen LogP contribution in [0.25, 0.3) is 0 Å². The smallest absolute Gasteiger partial charge is 0.162 e. The number of hydrogen-bond acceptors (Lipinski definition) is 3. The van der Waals surface area contributed by atoms with E-state index < -0.39 is 5.82 Å².